The van der Waals surface area contributed by atoms with Crippen LogP contribution in [0.5, 0.6) is 0 Å². The fraction of sp³-hybridized carbons (Fsp3) is 0.625. The van der Waals surface area contributed by atoms with Gasteiger partial charge in [0.05, 0.1) is 0 Å². The van der Waals surface area contributed by atoms with Crippen molar-refractivity contribution in [2.24, 2.45) is 10.9 Å². The summed E-state index contributed by atoms with van der Waals surface area (Å²) < 4.78 is 0. The lowest BCUT2D eigenvalue weighted by Crippen LogP contribution is -2.30. The Labute approximate surface area is 65.5 Å². The summed E-state index contributed by atoms with van der Waals surface area (Å²) in [6, 6.07) is 0. The number of aliphatic imine (C=N–C) groups is 1. The van der Waals surface area contributed by atoms with Gasteiger partial charge < -0.3 is 4.79 Å². The predicted octanol–water partition coefficient (Wildman–Crippen LogP) is 0.624. The van der Waals surface area contributed by atoms with Crippen LogP contribution in [0.3, 0.4) is 0 Å². The maximum atomic E-state index is 11.3. The average molecular weight is 153 g/mol. The fourth-order valence-corrected chi connectivity index (χ4v) is 1.30. The number of aldehydes is 1. The molecular weight excluding hydrogens is 142 g/mol. The zero-order valence-electron chi connectivity index (χ0n) is 6.92. The van der Waals surface area contributed by atoms with Crippen molar-refractivity contribution in [3.8, 4) is 0 Å². The van der Waals surface area contributed by atoms with E-state index in [1.165, 1.54) is 0 Å². The smallest absolute Gasteiger partial charge is 0.175 e. The second-order valence-corrected chi connectivity index (χ2v) is 3.29. The molecule has 0 N–H and O–H groups in total. The maximum absolute atomic E-state index is 11.3. The Balaban J connectivity index is 3.02. The molecule has 1 aliphatic heterocycles. The van der Waals surface area contributed by atoms with Gasteiger partial charge in [0.1, 0.15) is 17.7 Å². The van der Waals surface area contributed by atoms with Crippen molar-refractivity contribution in [2.75, 3.05) is 0 Å². The summed E-state index contributed by atoms with van der Waals surface area (Å²) in [6.45, 7) is 5.16. The molecule has 0 fully saturated rings. The Morgan fingerprint density at radius 3 is 2.27 bits per heavy atom. The molecule has 0 aromatic heterocycles. The van der Waals surface area contributed by atoms with Crippen LogP contribution in [-0.4, -0.2) is 23.3 Å². The number of carbonyl (C=O) groups is 2. The Morgan fingerprint density at radius 2 is 2.09 bits per heavy atom. The second kappa shape index (κ2) is 2.26. The summed E-state index contributed by atoms with van der Waals surface area (Å²) in [5.74, 6) is -0.685. The van der Waals surface area contributed by atoms with E-state index >= 15 is 0 Å². The van der Waals surface area contributed by atoms with Gasteiger partial charge in [0.2, 0.25) is 0 Å². The van der Waals surface area contributed by atoms with Gasteiger partial charge in [-0.05, 0) is 20.8 Å². The van der Waals surface area contributed by atoms with Crippen LogP contribution >= 0.6 is 0 Å². The van der Waals surface area contributed by atoms with Crippen molar-refractivity contribution < 1.29 is 9.59 Å². The molecule has 0 radical (unpaired) electrons. The lowest BCUT2D eigenvalue weighted by molar-refractivity contribution is -0.127. The van der Waals surface area contributed by atoms with E-state index in [0.29, 0.717) is 12.0 Å². The van der Waals surface area contributed by atoms with E-state index in [0.717, 1.165) is 0 Å². The summed E-state index contributed by atoms with van der Waals surface area (Å²) in [6.07, 6.45) is 0.663. The molecule has 3 heteroatoms. The zero-order chi connectivity index (χ0) is 8.65. The molecule has 3 nitrogen and oxygen atoms in total. The Morgan fingerprint density at radius 1 is 1.55 bits per heavy atom. The van der Waals surface area contributed by atoms with Gasteiger partial charge >= 0.3 is 0 Å². The van der Waals surface area contributed by atoms with Crippen molar-refractivity contribution in [3.63, 3.8) is 0 Å². The van der Waals surface area contributed by atoms with Crippen molar-refractivity contribution in [1.82, 2.24) is 0 Å². The molecule has 0 aliphatic carbocycles. The maximum Gasteiger partial charge on any atom is 0.175 e. The highest BCUT2D eigenvalue weighted by atomic mass is 16.1. The van der Waals surface area contributed by atoms with Crippen molar-refractivity contribution in [1.29, 1.82) is 0 Å². The van der Waals surface area contributed by atoms with Crippen LogP contribution in [0.1, 0.15) is 20.8 Å². The molecule has 1 heterocycles. The summed E-state index contributed by atoms with van der Waals surface area (Å²) in [5, 5.41) is 0. The molecule has 0 saturated carbocycles. The van der Waals surface area contributed by atoms with Gasteiger partial charge in [-0.3, -0.25) is 9.79 Å². The normalized spacial score (nSPS) is 28.5. The first kappa shape index (κ1) is 8.11. The first-order valence-electron chi connectivity index (χ1n) is 3.55. The number of ketones is 1. The van der Waals surface area contributed by atoms with Crippen molar-refractivity contribution in [2.45, 2.75) is 26.3 Å². The number of Topliss-reactive ketones (excluding diaryl/α,β-unsaturated/α-hetero) is 1. The highest BCUT2D eigenvalue weighted by Gasteiger charge is 2.40. The molecule has 0 spiro atoms. The van der Waals surface area contributed by atoms with Crippen molar-refractivity contribution >= 4 is 17.8 Å². The number of hydrogen-bond acceptors (Lipinski definition) is 3. The average Bonchev–Trinajstić information content (AvgIpc) is 2.04. The van der Waals surface area contributed by atoms with Crippen molar-refractivity contribution in [3.05, 3.63) is 0 Å². The van der Waals surface area contributed by atoms with E-state index in [2.05, 4.69) is 4.99 Å². The van der Waals surface area contributed by atoms with Gasteiger partial charge in [0, 0.05) is 5.71 Å². The van der Waals surface area contributed by atoms with Gasteiger partial charge in [-0.25, -0.2) is 0 Å². The fourth-order valence-electron chi connectivity index (χ4n) is 1.30. The molecule has 60 valence electrons. The molecule has 1 rings (SSSR count). The molecule has 1 unspecified atom stereocenters. The van der Waals surface area contributed by atoms with Crippen LogP contribution in [0.15, 0.2) is 4.99 Å². The molecule has 0 saturated heterocycles. The number of hydrogen-bond donors (Lipinski definition) is 0. The molecule has 11 heavy (non-hydrogen) atoms. The Bertz CT molecular complexity index is 240. The minimum absolute atomic E-state index is 0.0926. The highest BCUT2D eigenvalue weighted by Crippen LogP contribution is 2.24. The monoisotopic (exact) mass is 153 g/mol. The van der Waals surface area contributed by atoms with Crippen LogP contribution in [0.4, 0.5) is 0 Å². The summed E-state index contributed by atoms with van der Waals surface area (Å²) in [4.78, 5) is 25.8. The second-order valence-electron chi connectivity index (χ2n) is 3.29. The lowest BCUT2D eigenvalue weighted by Gasteiger charge is -2.10. The SMILES string of the molecule is CC1=NC(C)(C)C(=O)C1C=O. The molecule has 1 aliphatic rings. The topological polar surface area (TPSA) is 46.5 Å². The third-order valence-electron chi connectivity index (χ3n) is 1.93. The third kappa shape index (κ3) is 1.11. The lowest BCUT2D eigenvalue weighted by atomic mass is 9.93. The van der Waals surface area contributed by atoms with Crippen LogP contribution < -0.4 is 0 Å². The van der Waals surface area contributed by atoms with Gasteiger partial charge in [-0.2, -0.15) is 0 Å². The summed E-state index contributed by atoms with van der Waals surface area (Å²) in [5.41, 5.74) is -0.0506. The van der Waals surface area contributed by atoms with E-state index in [-0.39, 0.29) is 5.78 Å². The predicted molar refractivity (Wildman–Crippen MR) is 41.7 cm³/mol. The molecular formula is C8H11NO2. The third-order valence-corrected chi connectivity index (χ3v) is 1.93. The van der Waals surface area contributed by atoms with Gasteiger partial charge in [0.15, 0.2) is 5.78 Å². The number of nitrogens with zero attached hydrogens (tertiary/aromatic N) is 1. The minimum Gasteiger partial charge on any atom is -0.302 e. The molecule has 0 amide bonds. The standard InChI is InChI=1S/C8H11NO2/c1-5-6(4-10)7(11)8(2,3)9-5/h4,6H,1-3H3. The van der Waals surface area contributed by atoms with E-state index in [9.17, 15) is 9.59 Å². The first-order valence-corrected chi connectivity index (χ1v) is 3.55. The van der Waals surface area contributed by atoms with Gasteiger partial charge in [-0.1, -0.05) is 0 Å². The Hall–Kier alpha value is -0.990. The van der Waals surface area contributed by atoms with E-state index in [4.69, 9.17) is 0 Å². The first-order chi connectivity index (χ1) is 4.99. The van der Waals surface area contributed by atoms with Gasteiger partial charge in [-0.15, -0.1) is 0 Å². The molecule has 1 atom stereocenters. The minimum atomic E-state index is -0.685. The van der Waals surface area contributed by atoms with Crippen LogP contribution in [-0.2, 0) is 9.59 Å². The quantitative estimate of drug-likeness (QED) is 0.409. The van der Waals surface area contributed by atoms with Crippen LogP contribution in [0.2, 0.25) is 0 Å². The van der Waals surface area contributed by atoms with Crippen LogP contribution in [0.25, 0.3) is 0 Å². The highest BCUT2D eigenvalue weighted by molar-refractivity contribution is 6.21. The number of rotatable bonds is 1. The summed E-state index contributed by atoms with van der Waals surface area (Å²) in [7, 11) is 0. The van der Waals surface area contributed by atoms with Gasteiger partial charge in [0.25, 0.3) is 0 Å². The molecule has 0 aromatic carbocycles. The Kier molecular flexibility index (Phi) is 1.66. The number of carbonyl (C=O) groups excluding carboxylic acids is 2. The molecule has 0 bridgehead atoms. The summed E-state index contributed by atoms with van der Waals surface area (Å²) >= 11 is 0. The zero-order valence-corrected chi connectivity index (χ0v) is 6.92. The van der Waals surface area contributed by atoms with E-state index in [1.807, 2.05) is 0 Å². The molecule has 0 aromatic rings. The van der Waals surface area contributed by atoms with E-state index < -0.39 is 11.5 Å². The van der Waals surface area contributed by atoms with E-state index in [1.54, 1.807) is 20.8 Å². The largest absolute Gasteiger partial charge is 0.302 e. The van der Waals surface area contributed by atoms with Crippen LogP contribution in [0, 0.1) is 5.92 Å².